The van der Waals surface area contributed by atoms with Crippen LogP contribution in [-0.4, -0.2) is 41.7 Å². The maximum absolute atomic E-state index is 12.0. The highest BCUT2D eigenvalue weighted by atomic mass is 35.5. The molecule has 0 saturated carbocycles. The number of carbonyl (C=O) groups excluding carboxylic acids is 1. The Morgan fingerprint density at radius 1 is 1.07 bits per heavy atom. The topological polar surface area (TPSA) is 61.8 Å². The van der Waals surface area contributed by atoms with Gasteiger partial charge in [-0.2, -0.15) is 0 Å². The van der Waals surface area contributed by atoms with Gasteiger partial charge in [0, 0.05) is 32.2 Å². The van der Waals surface area contributed by atoms with Crippen LogP contribution >= 0.6 is 23.2 Å². The Labute approximate surface area is 175 Å². The number of aliphatic hydroxyl groups is 1. The highest BCUT2D eigenvalue weighted by molar-refractivity contribution is 6.42. The van der Waals surface area contributed by atoms with Gasteiger partial charge >= 0.3 is 0 Å². The van der Waals surface area contributed by atoms with Gasteiger partial charge in [0.1, 0.15) is 5.75 Å². The van der Waals surface area contributed by atoms with E-state index in [1.807, 2.05) is 12.1 Å². The standard InChI is InChI=1S/C21H24Cl2N2O3/c22-19-6-5-18(11-20(19)23)28-14-21(27)24-12-15-1-3-16(4-2-15)13-25-9-7-17(26)8-10-25/h1-6,11,17,26H,7-10,12-14H2,(H,24,27). The molecule has 3 rings (SSSR count). The van der Waals surface area contributed by atoms with Gasteiger partial charge in [-0.1, -0.05) is 47.5 Å². The maximum atomic E-state index is 12.0. The Balaban J connectivity index is 1.40. The molecule has 1 aliphatic rings. The molecule has 1 fully saturated rings. The van der Waals surface area contributed by atoms with Crippen molar-refractivity contribution in [3.63, 3.8) is 0 Å². The molecule has 0 atom stereocenters. The minimum absolute atomic E-state index is 0.0865. The zero-order chi connectivity index (χ0) is 19.9. The highest BCUT2D eigenvalue weighted by Gasteiger charge is 2.16. The van der Waals surface area contributed by atoms with Crippen LogP contribution in [-0.2, 0) is 17.9 Å². The molecule has 0 aliphatic carbocycles. The number of nitrogens with one attached hydrogen (secondary N) is 1. The molecule has 2 aromatic carbocycles. The third-order valence-corrected chi connectivity index (χ3v) is 5.48. The minimum atomic E-state index is -0.206. The van der Waals surface area contributed by atoms with Crippen molar-refractivity contribution in [3.8, 4) is 5.75 Å². The summed E-state index contributed by atoms with van der Waals surface area (Å²) in [6.07, 6.45) is 1.53. The Bertz CT molecular complexity index is 791. The van der Waals surface area contributed by atoms with Crippen molar-refractivity contribution in [2.45, 2.75) is 32.0 Å². The molecular weight excluding hydrogens is 399 g/mol. The second-order valence-corrected chi connectivity index (χ2v) is 7.78. The number of benzene rings is 2. The molecule has 2 aromatic rings. The maximum Gasteiger partial charge on any atom is 0.258 e. The van der Waals surface area contributed by atoms with Crippen LogP contribution in [0.1, 0.15) is 24.0 Å². The molecule has 0 spiro atoms. The van der Waals surface area contributed by atoms with Crippen LogP contribution in [0.15, 0.2) is 42.5 Å². The summed E-state index contributed by atoms with van der Waals surface area (Å²) < 4.78 is 5.42. The number of piperidine rings is 1. The molecule has 0 radical (unpaired) electrons. The Morgan fingerprint density at radius 2 is 1.75 bits per heavy atom. The number of likely N-dealkylation sites (tertiary alicyclic amines) is 1. The molecule has 5 nitrogen and oxygen atoms in total. The molecule has 7 heteroatoms. The minimum Gasteiger partial charge on any atom is -0.484 e. The smallest absolute Gasteiger partial charge is 0.258 e. The van der Waals surface area contributed by atoms with Gasteiger partial charge in [0.05, 0.1) is 16.1 Å². The van der Waals surface area contributed by atoms with Crippen LogP contribution in [0.3, 0.4) is 0 Å². The largest absolute Gasteiger partial charge is 0.484 e. The van der Waals surface area contributed by atoms with E-state index in [4.69, 9.17) is 27.9 Å². The first-order valence-electron chi connectivity index (χ1n) is 9.32. The summed E-state index contributed by atoms with van der Waals surface area (Å²) in [6.45, 7) is 3.10. The molecule has 1 aliphatic heterocycles. The van der Waals surface area contributed by atoms with Crippen LogP contribution in [0.25, 0.3) is 0 Å². The highest BCUT2D eigenvalue weighted by Crippen LogP contribution is 2.26. The number of hydrogen-bond acceptors (Lipinski definition) is 4. The fourth-order valence-electron chi connectivity index (χ4n) is 3.07. The lowest BCUT2D eigenvalue weighted by atomic mass is 10.1. The molecule has 1 saturated heterocycles. The lowest BCUT2D eigenvalue weighted by molar-refractivity contribution is -0.123. The summed E-state index contributed by atoms with van der Waals surface area (Å²) in [6, 6.07) is 13.1. The fraction of sp³-hybridized carbons (Fsp3) is 0.381. The average Bonchev–Trinajstić information content (AvgIpc) is 2.70. The number of aliphatic hydroxyl groups excluding tert-OH is 1. The molecule has 1 amide bonds. The zero-order valence-corrected chi connectivity index (χ0v) is 17.0. The van der Waals surface area contributed by atoms with Gasteiger partial charge < -0.3 is 15.2 Å². The first kappa shape index (κ1) is 20.9. The first-order valence-corrected chi connectivity index (χ1v) is 10.1. The first-order chi connectivity index (χ1) is 13.5. The van der Waals surface area contributed by atoms with Crippen LogP contribution in [0.2, 0.25) is 10.0 Å². The van der Waals surface area contributed by atoms with Crippen LogP contribution in [0.5, 0.6) is 5.75 Å². The van der Waals surface area contributed by atoms with E-state index in [-0.39, 0.29) is 18.6 Å². The number of carbonyl (C=O) groups is 1. The van der Waals surface area contributed by atoms with Gasteiger partial charge in [0.15, 0.2) is 6.61 Å². The lowest BCUT2D eigenvalue weighted by Crippen LogP contribution is -2.35. The second kappa shape index (κ2) is 10.1. The van der Waals surface area contributed by atoms with E-state index in [0.717, 1.165) is 38.0 Å². The normalized spacial score (nSPS) is 15.4. The van der Waals surface area contributed by atoms with E-state index < -0.39 is 0 Å². The molecular formula is C21H24Cl2N2O3. The van der Waals surface area contributed by atoms with E-state index in [1.54, 1.807) is 18.2 Å². The molecule has 1 heterocycles. The van der Waals surface area contributed by atoms with Crippen molar-refractivity contribution in [1.82, 2.24) is 10.2 Å². The summed E-state index contributed by atoms with van der Waals surface area (Å²) >= 11 is 11.8. The van der Waals surface area contributed by atoms with Gasteiger partial charge in [-0.25, -0.2) is 0 Å². The predicted octanol–water partition coefficient (Wildman–Crippen LogP) is 3.65. The van der Waals surface area contributed by atoms with Gasteiger partial charge in [-0.15, -0.1) is 0 Å². The summed E-state index contributed by atoms with van der Waals surface area (Å²) in [4.78, 5) is 14.3. The van der Waals surface area contributed by atoms with Crippen LogP contribution < -0.4 is 10.1 Å². The molecule has 0 aromatic heterocycles. The Kier molecular flexibility index (Phi) is 7.57. The molecule has 28 heavy (non-hydrogen) atoms. The number of ether oxygens (including phenoxy) is 1. The average molecular weight is 423 g/mol. The number of nitrogens with zero attached hydrogens (tertiary/aromatic N) is 1. The predicted molar refractivity (Wildman–Crippen MR) is 111 cm³/mol. The zero-order valence-electron chi connectivity index (χ0n) is 15.5. The van der Waals surface area contributed by atoms with Gasteiger partial charge in [0.25, 0.3) is 5.91 Å². The molecule has 0 bridgehead atoms. The third kappa shape index (κ3) is 6.38. The SMILES string of the molecule is O=C(COc1ccc(Cl)c(Cl)c1)NCc1ccc(CN2CCC(O)CC2)cc1. The summed E-state index contributed by atoms with van der Waals surface area (Å²) in [5, 5.41) is 13.3. The number of hydrogen-bond donors (Lipinski definition) is 2. The third-order valence-electron chi connectivity index (χ3n) is 4.74. The Hall–Kier alpha value is -1.79. The fourth-order valence-corrected chi connectivity index (χ4v) is 3.35. The van der Waals surface area contributed by atoms with Crippen molar-refractivity contribution in [3.05, 3.63) is 63.6 Å². The molecule has 150 valence electrons. The lowest BCUT2D eigenvalue weighted by Gasteiger charge is -2.29. The number of rotatable bonds is 7. The van der Waals surface area contributed by atoms with Crippen molar-refractivity contribution in [2.24, 2.45) is 0 Å². The van der Waals surface area contributed by atoms with E-state index in [1.165, 1.54) is 5.56 Å². The van der Waals surface area contributed by atoms with Gasteiger partial charge in [-0.05, 0) is 36.1 Å². The quantitative estimate of drug-likeness (QED) is 0.714. The molecule has 2 N–H and O–H groups in total. The number of halogens is 2. The van der Waals surface area contributed by atoms with Crippen molar-refractivity contribution in [2.75, 3.05) is 19.7 Å². The molecule has 0 unspecified atom stereocenters. The Morgan fingerprint density at radius 3 is 2.43 bits per heavy atom. The summed E-state index contributed by atoms with van der Waals surface area (Å²) in [5.74, 6) is 0.293. The summed E-state index contributed by atoms with van der Waals surface area (Å²) in [7, 11) is 0. The van der Waals surface area contributed by atoms with Crippen molar-refractivity contribution >= 4 is 29.1 Å². The van der Waals surface area contributed by atoms with Gasteiger partial charge in [0.2, 0.25) is 0 Å². The van der Waals surface area contributed by atoms with E-state index >= 15 is 0 Å². The van der Waals surface area contributed by atoms with Crippen LogP contribution in [0, 0.1) is 0 Å². The van der Waals surface area contributed by atoms with Crippen molar-refractivity contribution < 1.29 is 14.6 Å². The van der Waals surface area contributed by atoms with Crippen LogP contribution in [0.4, 0.5) is 0 Å². The summed E-state index contributed by atoms with van der Waals surface area (Å²) in [5.41, 5.74) is 2.26. The van der Waals surface area contributed by atoms with E-state index in [2.05, 4.69) is 22.3 Å². The van der Waals surface area contributed by atoms with E-state index in [9.17, 15) is 9.90 Å². The monoisotopic (exact) mass is 422 g/mol. The van der Waals surface area contributed by atoms with Gasteiger partial charge in [-0.3, -0.25) is 9.69 Å². The second-order valence-electron chi connectivity index (χ2n) is 6.97. The number of amides is 1. The van der Waals surface area contributed by atoms with Crippen molar-refractivity contribution in [1.29, 1.82) is 0 Å². The van der Waals surface area contributed by atoms with E-state index in [0.29, 0.717) is 22.3 Å².